The van der Waals surface area contributed by atoms with Crippen molar-refractivity contribution in [1.29, 1.82) is 0 Å². The summed E-state index contributed by atoms with van der Waals surface area (Å²) in [4.78, 5) is 18.4. The smallest absolute Gasteiger partial charge is 0.228 e. The molecular weight excluding hydrogens is 302 g/mol. The van der Waals surface area contributed by atoms with Crippen LogP contribution >= 0.6 is 11.6 Å². The largest absolute Gasteiger partial charge is 0.361 e. The number of aromatic nitrogens is 2. The predicted octanol–water partition coefficient (Wildman–Crippen LogP) is 2.98. The fourth-order valence-corrected chi connectivity index (χ4v) is 2.88. The maximum atomic E-state index is 12.3. The minimum Gasteiger partial charge on any atom is -0.361 e. The maximum Gasteiger partial charge on any atom is 0.228 e. The quantitative estimate of drug-likeness (QED) is 0.872. The number of hydrogen-bond acceptors (Lipinski definition) is 4. The first kappa shape index (κ1) is 15.0. The Morgan fingerprint density at radius 1 is 1.41 bits per heavy atom. The van der Waals surface area contributed by atoms with E-state index >= 15 is 0 Å². The number of hydrogen-bond donors (Lipinski definition) is 0. The molecule has 0 spiro atoms. The molecule has 1 amide bonds. The minimum atomic E-state index is 0.113. The van der Waals surface area contributed by atoms with E-state index in [1.54, 1.807) is 18.3 Å². The van der Waals surface area contributed by atoms with Gasteiger partial charge in [0, 0.05) is 37.0 Å². The summed E-state index contributed by atoms with van der Waals surface area (Å²) in [7, 11) is 0. The second kappa shape index (κ2) is 6.48. The predicted molar refractivity (Wildman–Crippen MR) is 82.7 cm³/mol. The van der Waals surface area contributed by atoms with E-state index in [0.717, 1.165) is 43.1 Å². The van der Waals surface area contributed by atoms with E-state index in [4.69, 9.17) is 16.1 Å². The molecule has 2 aromatic rings. The van der Waals surface area contributed by atoms with E-state index in [0.29, 0.717) is 17.4 Å². The molecule has 0 aromatic carbocycles. The molecular formula is C16H18ClN3O2. The second-order valence-corrected chi connectivity index (χ2v) is 6.11. The van der Waals surface area contributed by atoms with E-state index in [9.17, 15) is 4.79 Å². The highest BCUT2D eigenvalue weighted by Gasteiger charge is 2.26. The second-order valence-electron chi connectivity index (χ2n) is 5.67. The number of likely N-dealkylation sites (tertiary alicyclic amines) is 1. The Morgan fingerprint density at radius 3 is 2.77 bits per heavy atom. The average molecular weight is 320 g/mol. The van der Waals surface area contributed by atoms with Gasteiger partial charge >= 0.3 is 0 Å². The molecule has 3 heterocycles. The number of aryl methyl sites for hydroxylation is 1. The van der Waals surface area contributed by atoms with Crippen molar-refractivity contribution >= 4 is 17.5 Å². The lowest BCUT2D eigenvalue weighted by Gasteiger charge is -2.30. The fraction of sp³-hybridized carbons (Fsp3) is 0.438. The first-order valence-corrected chi connectivity index (χ1v) is 7.81. The molecule has 0 atom stereocenters. The van der Waals surface area contributed by atoms with Gasteiger partial charge in [-0.1, -0.05) is 16.8 Å². The summed E-state index contributed by atoms with van der Waals surface area (Å²) >= 11 is 5.80. The van der Waals surface area contributed by atoms with Crippen molar-refractivity contribution in [3.8, 4) is 0 Å². The third-order valence-corrected chi connectivity index (χ3v) is 4.24. The summed E-state index contributed by atoms with van der Waals surface area (Å²) in [6, 6.07) is 5.54. The third-order valence-electron chi connectivity index (χ3n) is 4.02. The lowest BCUT2D eigenvalue weighted by Crippen LogP contribution is -2.38. The number of amides is 1. The highest BCUT2D eigenvalue weighted by atomic mass is 35.5. The molecule has 0 aliphatic carbocycles. The molecule has 5 nitrogen and oxygen atoms in total. The summed E-state index contributed by atoms with van der Waals surface area (Å²) in [5.74, 6) is 1.41. The average Bonchev–Trinajstić information content (AvgIpc) is 2.96. The van der Waals surface area contributed by atoms with Crippen LogP contribution in [0.4, 0.5) is 0 Å². The zero-order valence-electron chi connectivity index (χ0n) is 12.5. The lowest BCUT2D eigenvalue weighted by molar-refractivity contribution is -0.131. The highest BCUT2D eigenvalue weighted by molar-refractivity contribution is 6.30. The molecule has 0 saturated carbocycles. The molecule has 0 radical (unpaired) electrons. The molecule has 0 N–H and O–H groups in total. The monoisotopic (exact) mass is 319 g/mol. The van der Waals surface area contributed by atoms with Gasteiger partial charge in [-0.2, -0.15) is 0 Å². The van der Waals surface area contributed by atoms with Gasteiger partial charge in [-0.3, -0.25) is 9.78 Å². The zero-order valence-corrected chi connectivity index (χ0v) is 13.2. The van der Waals surface area contributed by atoms with Gasteiger partial charge in [-0.15, -0.1) is 0 Å². The van der Waals surface area contributed by atoms with Crippen molar-refractivity contribution in [2.75, 3.05) is 13.1 Å². The molecule has 0 unspecified atom stereocenters. The Balaban J connectivity index is 1.54. The number of carbonyl (C=O) groups is 1. The summed E-state index contributed by atoms with van der Waals surface area (Å²) in [6.07, 6.45) is 3.72. The highest BCUT2D eigenvalue weighted by Crippen LogP contribution is 2.28. The number of carbonyl (C=O) groups excluding carboxylic acids is 1. The Bertz CT molecular complexity index is 646. The summed E-state index contributed by atoms with van der Waals surface area (Å²) in [5, 5.41) is 4.52. The van der Waals surface area contributed by atoms with Gasteiger partial charge in [-0.05, 0) is 31.9 Å². The molecule has 3 rings (SSSR count). The summed E-state index contributed by atoms with van der Waals surface area (Å²) in [6.45, 7) is 3.42. The van der Waals surface area contributed by atoms with Crippen molar-refractivity contribution in [2.24, 2.45) is 0 Å². The zero-order chi connectivity index (χ0) is 15.5. The summed E-state index contributed by atoms with van der Waals surface area (Å²) in [5.41, 5.74) is 1.66. The molecule has 22 heavy (non-hydrogen) atoms. The molecule has 1 aliphatic heterocycles. The molecule has 1 fully saturated rings. The van der Waals surface area contributed by atoms with Gasteiger partial charge in [0.2, 0.25) is 5.91 Å². The topological polar surface area (TPSA) is 59.2 Å². The van der Waals surface area contributed by atoms with Crippen LogP contribution in [0, 0.1) is 6.92 Å². The van der Waals surface area contributed by atoms with E-state index in [1.807, 2.05) is 17.9 Å². The number of pyridine rings is 1. The maximum absolute atomic E-state index is 12.3. The van der Waals surface area contributed by atoms with E-state index < -0.39 is 0 Å². The molecule has 1 saturated heterocycles. The first-order valence-electron chi connectivity index (χ1n) is 7.43. The molecule has 1 aliphatic rings. The van der Waals surface area contributed by atoms with Crippen molar-refractivity contribution in [2.45, 2.75) is 32.1 Å². The van der Waals surface area contributed by atoms with Crippen LogP contribution in [0.1, 0.15) is 35.9 Å². The first-order chi connectivity index (χ1) is 10.6. The SMILES string of the molecule is Cc1cc(C2CCN(C(=O)Cc3ccc(Cl)cn3)CC2)on1. The number of halogens is 1. The van der Waals surface area contributed by atoms with Crippen LogP contribution in [0.15, 0.2) is 28.9 Å². The van der Waals surface area contributed by atoms with Gasteiger partial charge in [0.05, 0.1) is 17.1 Å². The summed E-state index contributed by atoms with van der Waals surface area (Å²) < 4.78 is 5.33. The minimum absolute atomic E-state index is 0.113. The van der Waals surface area contributed by atoms with E-state index in [-0.39, 0.29) is 5.91 Å². The van der Waals surface area contributed by atoms with Crippen LogP contribution in [-0.2, 0) is 11.2 Å². The van der Waals surface area contributed by atoms with Crippen LogP contribution in [0.25, 0.3) is 0 Å². The van der Waals surface area contributed by atoms with Crippen LogP contribution in [0.2, 0.25) is 5.02 Å². The molecule has 6 heteroatoms. The normalized spacial score (nSPS) is 16.0. The van der Waals surface area contributed by atoms with Gasteiger partial charge in [0.15, 0.2) is 0 Å². The molecule has 116 valence electrons. The van der Waals surface area contributed by atoms with Crippen LogP contribution in [0.5, 0.6) is 0 Å². The van der Waals surface area contributed by atoms with Crippen LogP contribution in [0.3, 0.4) is 0 Å². The Morgan fingerprint density at radius 2 is 2.18 bits per heavy atom. The number of piperidine rings is 1. The van der Waals surface area contributed by atoms with Gasteiger partial charge in [0.1, 0.15) is 5.76 Å². The Kier molecular flexibility index (Phi) is 4.43. The van der Waals surface area contributed by atoms with Gasteiger partial charge in [0.25, 0.3) is 0 Å². The Labute approximate surface area is 134 Å². The van der Waals surface area contributed by atoms with Crippen molar-refractivity contribution in [1.82, 2.24) is 15.0 Å². The van der Waals surface area contributed by atoms with Gasteiger partial charge < -0.3 is 9.42 Å². The van der Waals surface area contributed by atoms with Crippen LogP contribution in [-0.4, -0.2) is 34.0 Å². The van der Waals surface area contributed by atoms with Crippen molar-refractivity contribution in [3.05, 3.63) is 46.6 Å². The van der Waals surface area contributed by atoms with Crippen molar-refractivity contribution in [3.63, 3.8) is 0 Å². The standard InChI is InChI=1S/C16H18ClN3O2/c1-11-8-15(22-19-11)12-4-6-20(7-5-12)16(21)9-14-3-2-13(17)10-18-14/h2-3,8,10,12H,4-7,9H2,1H3. The fourth-order valence-electron chi connectivity index (χ4n) is 2.77. The van der Waals surface area contributed by atoms with Crippen LogP contribution < -0.4 is 0 Å². The third kappa shape index (κ3) is 3.47. The molecule has 2 aromatic heterocycles. The lowest BCUT2D eigenvalue weighted by atomic mass is 9.94. The van der Waals surface area contributed by atoms with Crippen molar-refractivity contribution < 1.29 is 9.32 Å². The molecule has 0 bridgehead atoms. The Hall–Kier alpha value is -1.88. The van der Waals surface area contributed by atoms with E-state index in [1.165, 1.54) is 0 Å². The van der Waals surface area contributed by atoms with E-state index in [2.05, 4.69) is 10.1 Å². The van der Waals surface area contributed by atoms with Gasteiger partial charge in [-0.25, -0.2) is 0 Å². The number of nitrogens with zero attached hydrogens (tertiary/aromatic N) is 3. The number of rotatable bonds is 3.